The number of fused-ring (bicyclic) bond motifs is 6. The van der Waals surface area contributed by atoms with E-state index in [1.807, 2.05) is 27.7 Å². The average molecular weight is 242 g/mol. The Bertz CT molecular complexity index is 332. The Balaban J connectivity index is 1.67. The van der Waals surface area contributed by atoms with E-state index in [1.54, 1.807) is 0 Å². The molecule has 0 radical (unpaired) electrons. The number of ether oxygens (including phenoxy) is 5. The quantitative estimate of drug-likeness (QED) is 0.588. The highest BCUT2D eigenvalue weighted by Crippen LogP contribution is 2.51. The van der Waals surface area contributed by atoms with E-state index in [2.05, 4.69) is 0 Å². The highest BCUT2D eigenvalue weighted by molar-refractivity contribution is 5.14. The summed E-state index contributed by atoms with van der Waals surface area (Å²) in [6, 6.07) is 0. The van der Waals surface area contributed by atoms with Crippen molar-refractivity contribution in [3.8, 4) is 0 Å². The van der Waals surface area contributed by atoms with Crippen molar-refractivity contribution in [1.82, 2.24) is 0 Å². The van der Waals surface area contributed by atoms with Crippen molar-refractivity contribution >= 4 is 0 Å². The number of epoxide rings is 1. The molecule has 17 heavy (non-hydrogen) atoms. The van der Waals surface area contributed by atoms with Gasteiger partial charge in [-0.05, 0) is 27.7 Å². The van der Waals surface area contributed by atoms with Crippen molar-refractivity contribution in [2.24, 2.45) is 0 Å². The van der Waals surface area contributed by atoms with E-state index in [0.29, 0.717) is 0 Å². The summed E-state index contributed by atoms with van der Waals surface area (Å²) in [6.07, 6.45) is 0.0181. The lowest BCUT2D eigenvalue weighted by Gasteiger charge is -2.28. The topological polar surface area (TPSA) is 49.5 Å². The zero-order chi connectivity index (χ0) is 12.0. The Hall–Kier alpha value is -0.200. The molecule has 6 atom stereocenters. The molecule has 1 saturated carbocycles. The summed E-state index contributed by atoms with van der Waals surface area (Å²) in [7, 11) is 0. The minimum atomic E-state index is -0.559. The van der Waals surface area contributed by atoms with Gasteiger partial charge >= 0.3 is 0 Å². The van der Waals surface area contributed by atoms with Gasteiger partial charge in [0, 0.05) is 0 Å². The Morgan fingerprint density at radius 2 is 0.824 bits per heavy atom. The Kier molecular flexibility index (Phi) is 1.80. The van der Waals surface area contributed by atoms with Crippen LogP contribution in [0.3, 0.4) is 0 Å². The van der Waals surface area contributed by atoms with Crippen LogP contribution < -0.4 is 0 Å². The summed E-state index contributed by atoms with van der Waals surface area (Å²) in [4.78, 5) is 0. The smallest absolute Gasteiger partial charge is 0.164 e. The normalized spacial score (nSPS) is 57.2. The summed E-state index contributed by atoms with van der Waals surface area (Å²) in [5, 5.41) is 0. The summed E-state index contributed by atoms with van der Waals surface area (Å²) < 4.78 is 29.4. The molecule has 0 aromatic heterocycles. The SMILES string of the molecule is CC1(C)O[C@@H]2[C@@H]3OC(C)(C)O[C@H]3[C@H]3O[C@H]3[C@H]2O1. The van der Waals surface area contributed by atoms with E-state index in [0.717, 1.165) is 0 Å². The summed E-state index contributed by atoms with van der Waals surface area (Å²) in [5.74, 6) is -1.12. The monoisotopic (exact) mass is 242 g/mol. The van der Waals surface area contributed by atoms with Crippen LogP contribution in [0, 0.1) is 0 Å². The number of rotatable bonds is 0. The molecule has 0 spiro atoms. The lowest BCUT2D eigenvalue weighted by molar-refractivity contribution is -0.175. The fourth-order valence-electron chi connectivity index (χ4n) is 3.32. The summed E-state index contributed by atoms with van der Waals surface area (Å²) in [5.41, 5.74) is 0. The molecule has 5 nitrogen and oxygen atoms in total. The molecule has 0 aromatic carbocycles. The lowest BCUT2D eigenvalue weighted by atomic mass is 9.90. The van der Waals surface area contributed by atoms with Crippen molar-refractivity contribution in [2.75, 3.05) is 0 Å². The van der Waals surface area contributed by atoms with Crippen LogP contribution in [0.1, 0.15) is 27.7 Å². The van der Waals surface area contributed by atoms with Gasteiger partial charge < -0.3 is 23.7 Å². The number of hydrogen-bond acceptors (Lipinski definition) is 5. The largest absolute Gasteiger partial charge is 0.364 e. The van der Waals surface area contributed by atoms with Gasteiger partial charge in [-0.25, -0.2) is 0 Å². The fraction of sp³-hybridized carbons (Fsp3) is 1.00. The molecule has 3 heterocycles. The minimum Gasteiger partial charge on any atom is -0.364 e. The molecule has 3 aliphatic heterocycles. The van der Waals surface area contributed by atoms with E-state index < -0.39 is 11.6 Å². The lowest BCUT2D eigenvalue weighted by Crippen LogP contribution is -2.51. The molecule has 4 fully saturated rings. The maximum atomic E-state index is 5.95. The first-order valence-corrected chi connectivity index (χ1v) is 6.23. The molecule has 0 aromatic rings. The molecule has 5 heteroatoms. The third kappa shape index (κ3) is 1.43. The van der Waals surface area contributed by atoms with Gasteiger partial charge in [-0.1, -0.05) is 0 Å². The number of hydrogen-bond donors (Lipinski definition) is 0. The molecule has 4 aliphatic rings. The van der Waals surface area contributed by atoms with Crippen LogP contribution in [0.15, 0.2) is 0 Å². The maximum absolute atomic E-state index is 5.95. The Labute approximate surface area is 100 Å². The molecule has 1 aliphatic carbocycles. The summed E-state index contributed by atoms with van der Waals surface area (Å²) in [6.45, 7) is 7.72. The molecule has 96 valence electrons. The van der Waals surface area contributed by atoms with Gasteiger partial charge in [-0.2, -0.15) is 0 Å². The van der Waals surface area contributed by atoms with Gasteiger partial charge in [-0.3, -0.25) is 0 Å². The van der Waals surface area contributed by atoms with Gasteiger partial charge in [0.2, 0.25) is 0 Å². The minimum absolute atomic E-state index is 0.0197. The molecule has 0 N–H and O–H groups in total. The van der Waals surface area contributed by atoms with Crippen LogP contribution in [0.5, 0.6) is 0 Å². The van der Waals surface area contributed by atoms with Crippen LogP contribution >= 0.6 is 0 Å². The average Bonchev–Trinajstić information content (AvgIpc) is 2.81. The Morgan fingerprint density at radius 3 is 1.18 bits per heavy atom. The van der Waals surface area contributed by atoms with E-state index in [1.165, 1.54) is 0 Å². The van der Waals surface area contributed by atoms with Gasteiger partial charge in [0.25, 0.3) is 0 Å². The third-order valence-corrected chi connectivity index (χ3v) is 3.86. The maximum Gasteiger partial charge on any atom is 0.164 e. The van der Waals surface area contributed by atoms with Gasteiger partial charge in [-0.15, -0.1) is 0 Å². The highest BCUT2D eigenvalue weighted by Gasteiger charge is 2.70. The molecule has 4 rings (SSSR count). The molecule has 0 unspecified atom stereocenters. The van der Waals surface area contributed by atoms with Crippen molar-refractivity contribution < 1.29 is 23.7 Å². The van der Waals surface area contributed by atoms with Crippen molar-refractivity contribution in [1.29, 1.82) is 0 Å². The zero-order valence-corrected chi connectivity index (χ0v) is 10.5. The standard InChI is InChI=1S/C12H18O5/c1-11(2)14-7-5-6(13-5)8-10(9(7)16-11)17-12(3,4)15-8/h5-10H,1-4H3/t5-,6+,7-,8+,9+,10-. The first-order chi connectivity index (χ1) is 7.86. The van der Waals surface area contributed by atoms with Crippen LogP contribution in [-0.4, -0.2) is 48.2 Å². The highest BCUT2D eigenvalue weighted by atomic mass is 16.8. The van der Waals surface area contributed by atoms with Crippen molar-refractivity contribution in [2.45, 2.75) is 75.9 Å². The van der Waals surface area contributed by atoms with E-state index >= 15 is 0 Å². The fourth-order valence-corrected chi connectivity index (χ4v) is 3.32. The first-order valence-electron chi connectivity index (χ1n) is 6.23. The Morgan fingerprint density at radius 1 is 0.529 bits per heavy atom. The molecule has 0 bridgehead atoms. The van der Waals surface area contributed by atoms with Crippen molar-refractivity contribution in [3.05, 3.63) is 0 Å². The zero-order valence-electron chi connectivity index (χ0n) is 10.5. The van der Waals surface area contributed by atoms with E-state index in [4.69, 9.17) is 23.7 Å². The second-order valence-corrected chi connectivity index (χ2v) is 6.19. The summed E-state index contributed by atoms with van der Waals surface area (Å²) >= 11 is 0. The second-order valence-electron chi connectivity index (χ2n) is 6.19. The van der Waals surface area contributed by atoms with Crippen molar-refractivity contribution in [3.63, 3.8) is 0 Å². The molecular weight excluding hydrogens is 224 g/mol. The molecule has 3 saturated heterocycles. The van der Waals surface area contributed by atoms with Crippen LogP contribution in [0.25, 0.3) is 0 Å². The molecular formula is C12H18O5. The van der Waals surface area contributed by atoms with E-state index in [-0.39, 0.29) is 36.6 Å². The second kappa shape index (κ2) is 2.86. The van der Waals surface area contributed by atoms with Gasteiger partial charge in [0.05, 0.1) is 0 Å². The van der Waals surface area contributed by atoms with E-state index in [9.17, 15) is 0 Å². The van der Waals surface area contributed by atoms with Crippen LogP contribution in [0.2, 0.25) is 0 Å². The van der Waals surface area contributed by atoms with Gasteiger partial charge in [0.15, 0.2) is 11.6 Å². The third-order valence-electron chi connectivity index (χ3n) is 3.86. The molecule has 0 amide bonds. The van der Waals surface area contributed by atoms with Gasteiger partial charge in [0.1, 0.15) is 36.6 Å². The predicted molar refractivity (Wildman–Crippen MR) is 56.3 cm³/mol. The first kappa shape index (κ1) is 10.7. The van der Waals surface area contributed by atoms with Crippen LogP contribution in [-0.2, 0) is 23.7 Å². The van der Waals surface area contributed by atoms with Crippen LogP contribution in [0.4, 0.5) is 0 Å². The predicted octanol–water partition coefficient (Wildman–Crippen LogP) is 0.808.